The van der Waals surface area contributed by atoms with Crippen molar-refractivity contribution in [3.05, 3.63) is 253 Å². The number of anilines is 6. The fourth-order valence-corrected chi connectivity index (χ4v) is 10.5. The number of nitrogens with zero attached hydrogens (tertiary/aromatic N) is 2. The highest BCUT2D eigenvalue weighted by atomic mass is 15.1. The van der Waals surface area contributed by atoms with Crippen molar-refractivity contribution >= 4 is 44.9 Å². The Bertz CT molecular complexity index is 3060. The van der Waals surface area contributed by atoms with Crippen molar-refractivity contribution in [1.82, 2.24) is 0 Å². The molecule has 0 heterocycles. The Labute approximate surface area is 372 Å². The molecule has 0 saturated carbocycles. The first-order valence-corrected chi connectivity index (χ1v) is 22.4. The minimum absolute atomic E-state index is 0.168. The van der Waals surface area contributed by atoms with Crippen molar-refractivity contribution in [2.24, 2.45) is 0 Å². The average molecular weight is 811 g/mol. The molecule has 2 heteroatoms. The van der Waals surface area contributed by atoms with Gasteiger partial charge in [0.1, 0.15) is 0 Å². The zero-order valence-electron chi connectivity index (χ0n) is 36.0. The van der Waals surface area contributed by atoms with Crippen LogP contribution in [0, 0.1) is 0 Å². The predicted octanol–water partition coefficient (Wildman–Crippen LogP) is 16.8. The van der Waals surface area contributed by atoms with E-state index in [1.807, 2.05) is 0 Å². The summed E-state index contributed by atoms with van der Waals surface area (Å²) in [4.78, 5) is 4.79. The average Bonchev–Trinajstić information content (AvgIpc) is 3.58. The third-order valence-corrected chi connectivity index (χ3v) is 13.7. The zero-order valence-corrected chi connectivity index (χ0v) is 36.0. The lowest BCUT2D eigenvalue weighted by atomic mass is 9.69. The van der Waals surface area contributed by atoms with E-state index in [9.17, 15) is 0 Å². The third-order valence-electron chi connectivity index (χ3n) is 13.7. The van der Waals surface area contributed by atoms with Gasteiger partial charge in [-0.15, -0.1) is 0 Å². The van der Waals surface area contributed by atoms with E-state index in [0.717, 1.165) is 53.4 Å². The number of allylic oxidation sites excluding steroid dienone is 2. The second kappa shape index (κ2) is 15.8. The van der Waals surface area contributed by atoms with Gasteiger partial charge in [0.15, 0.2) is 0 Å². The van der Waals surface area contributed by atoms with Crippen molar-refractivity contribution in [2.45, 2.75) is 43.9 Å². The van der Waals surface area contributed by atoms with Crippen molar-refractivity contribution in [3.8, 4) is 22.3 Å². The van der Waals surface area contributed by atoms with Crippen LogP contribution in [0.1, 0.15) is 55.4 Å². The van der Waals surface area contributed by atoms with Gasteiger partial charge in [-0.1, -0.05) is 172 Å². The molecule has 0 radical (unpaired) electrons. The maximum Gasteiger partial charge on any atom is 0.0468 e. The van der Waals surface area contributed by atoms with E-state index in [1.165, 1.54) is 55.3 Å². The molecule has 2 aliphatic carbocycles. The van der Waals surface area contributed by atoms with Crippen molar-refractivity contribution in [2.75, 3.05) is 9.80 Å². The lowest BCUT2D eigenvalue weighted by Gasteiger charge is -2.36. The summed E-state index contributed by atoms with van der Waals surface area (Å²) in [6, 6.07) is 80.4. The van der Waals surface area contributed by atoms with Gasteiger partial charge in [-0.2, -0.15) is 0 Å². The van der Waals surface area contributed by atoms with E-state index < -0.39 is 0 Å². The maximum atomic E-state index is 2.47. The minimum atomic E-state index is -0.229. The van der Waals surface area contributed by atoms with Gasteiger partial charge < -0.3 is 9.80 Å². The fourth-order valence-electron chi connectivity index (χ4n) is 10.5. The molecule has 11 rings (SSSR count). The molecule has 2 aliphatic rings. The summed E-state index contributed by atoms with van der Waals surface area (Å²) in [5, 5.41) is 2.47. The van der Waals surface area contributed by atoms with Crippen molar-refractivity contribution in [3.63, 3.8) is 0 Å². The molecule has 0 aliphatic heterocycles. The van der Waals surface area contributed by atoms with Gasteiger partial charge in [-0.25, -0.2) is 0 Å². The monoisotopic (exact) mass is 810 g/mol. The van der Waals surface area contributed by atoms with Crippen LogP contribution in [-0.4, -0.2) is 0 Å². The minimum Gasteiger partial charge on any atom is -0.311 e. The number of hydrogen-bond donors (Lipinski definition) is 0. The number of benzene rings is 9. The Hall–Kier alpha value is -7.42. The summed E-state index contributed by atoms with van der Waals surface area (Å²) in [6.07, 6.45) is 8.17. The molecule has 9 aromatic rings. The molecule has 63 heavy (non-hydrogen) atoms. The normalized spacial score (nSPS) is 16.0. The summed E-state index contributed by atoms with van der Waals surface area (Å²) < 4.78 is 0. The Morgan fingerprint density at radius 3 is 1.54 bits per heavy atom. The van der Waals surface area contributed by atoms with Crippen LogP contribution in [-0.2, 0) is 10.8 Å². The molecular weight excluding hydrogens is 761 g/mol. The van der Waals surface area contributed by atoms with Crippen LogP contribution in [0.25, 0.3) is 33.0 Å². The Balaban J connectivity index is 0.998. The summed E-state index contributed by atoms with van der Waals surface area (Å²) in [6.45, 7) is 4.77. The van der Waals surface area contributed by atoms with Crippen LogP contribution in [0.4, 0.5) is 34.1 Å². The summed E-state index contributed by atoms with van der Waals surface area (Å²) in [5.41, 5.74) is 17.0. The molecule has 0 aromatic heterocycles. The molecule has 304 valence electrons. The number of hydrogen-bond acceptors (Lipinski definition) is 2. The lowest BCUT2D eigenvalue weighted by Crippen LogP contribution is -2.27. The summed E-state index contributed by atoms with van der Waals surface area (Å²) >= 11 is 0. The Morgan fingerprint density at radius 2 is 0.921 bits per heavy atom. The van der Waals surface area contributed by atoms with E-state index in [1.54, 1.807) is 0 Å². The first kappa shape index (κ1) is 38.5. The van der Waals surface area contributed by atoms with Gasteiger partial charge in [0.2, 0.25) is 0 Å². The van der Waals surface area contributed by atoms with E-state index >= 15 is 0 Å². The topological polar surface area (TPSA) is 6.48 Å². The first-order valence-electron chi connectivity index (χ1n) is 22.4. The molecule has 1 unspecified atom stereocenters. The van der Waals surface area contributed by atoms with Crippen molar-refractivity contribution < 1.29 is 0 Å². The summed E-state index contributed by atoms with van der Waals surface area (Å²) in [7, 11) is 0. The number of rotatable bonds is 9. The fraction of sp³-hybridized carbons (Fsp3) is 0.115. The second-order valence-electron chi connectivity index (χ2n) is 17.7. The van der Waals surface area contributed by atoms with Gasteiger partial charge in [0, 0.05) is 45.0 Å². The highest BCUT2D eigenvalue weighted by molar-refractivity contribution is 5.95. The first-order chi connectivity index (χ1) is 31.0. The second-order valence-corrected chi connectivity index (χ2v) is 17.7. The Kier molecular flexibility index (Phi) is 9.66. The molecule has 0 spiro atoms. The Morgan fingerprint density at radius 1 is 0.397 bits per heavy atom. The molecule has 1 atom stereocenters. The molecule has 0 N–H and O–H groups in total. The number of para-hydroxylation sites is 2. The van der Waals surface area contributed by atoms with Crippen LogP contribution >= 0.6 is 0 Å². The third kappa shape index (κ3) is 6.74. The van der Waals surface area contributed by atoms with Gasteiger partial charge in [0.05, 0.1) is 0 Å². The predicted molar refractivity (Wildman–Crippen MR) is 267 cm³/mol. The van der Waals surface area contributed by atoms with Gasteiger partial charge in [-0.3, -0.25) is 0 Å². The van der Waals surface area contributed by atoms with Crippen LogP contribution in [0.15, 0.2) is 231 Å². The number of fused-ring (bicyclic) bond motifs is 4. The lowest BCUT2D eigenvalue weighted by molar-refractivity contribution is 0.530. The van der Waals surface area contributed by atoms with Gasteiger partial charge >= 0.3 is 0 Å². The highest BCUT2D eigenvalue weighted by Gasteiger charge is 2.38. The standard InChI is InChI=1S/C61H50N2/c1-60(2)57-27-17-26-55(45-19-7-3-8-20-45)59(57)56-39-38-54(43-58(56)60)63(53-33-28-44-18-13-14-21-46(44)42-53)52-36-31-48(32-37-52)61(40-15-6-16-41-61)47-29-34-51(35-30-47)62(49-22-9-4-10-23-49)50-24-11-5-12-25-50/h3-5,7-15,17-40,42-43H,6,16,41H2,1-2H3. The molecule has 0 bridgehead atoms. The van der Waals surface area contributed by atoms with Crippen LogP contribution in [0.3, 0.4) is 0 Å². The molecule has 2 nitrogen and oxygen atoms in total. The molecule has 9 aromatic carbocycles. The highest BCUT2D eigenvalue weighted by Crippen LogP contribution is 2.54. The van der Waals surface area contributed by atoms with E-state index in [4.69, 9.17) is 0 Å². The van der Waals surface area contributed by atoms with E-state index in [0.29, 0.717) is 0 Å². The molecule has 0 saturated heterocycles. The quantitative estimate of drug-likeness (QED) is 0.134. The van der Waals surface area contributed by atoms with E-state index in [-0.39, 0.29) is 10.8 Å². The van der Waals surface area contributed by atoms with Gasteiger partial charge in [0.25, 0.3) is 0 Å². The van der Waals surface area contributed by atoms with Crippen LogP contribution in [0.2, 0.25) is 0 Å². The maximum absolute atomic E-state index is 2.47. The SMILES string of the molecule is CC1(C)c2cc(N(c3ccc(C4(c5ccc(N(c6ccccc6)c6ccccc6)cc5)C=CCCC4)cc3)c3ccc4ccccc4c3)ccc2-c2c(-c3ccccc3)cccc21. The molecule has 0 amide bonds. The zero-order chi connectivity index (χ0) is 42.4. The molecular formula is C61H50N2. The van der Waals surface area contributed by atoms with Gasteiger partial charge in [-0.05, 0) is 147 Å². The van der Waals surface area contributed by atoms with Crippen LogP contribution in [0.5, 0.6) is 0 Å². The van der Waals surface area contributed by atoms with Crippen molar-refractivity contribution in [1.29, 1.82) is 0 Å². The summed E-state index contributed by atoms with van der Waals surface area (Å²) in [5.74, 6) is 0. The van der Waals surface area contributed by atoms with Crippen LogP contribution < -0.4 is 9.80 Å². The van der Waals surface area contributed by atoms with E-state index in [2.05, 4.69) is 254 Å². The smallest absolute Gasteiger partial charge is 0.0468 e. The molecule has 0 fully saturated rings. The largest absolute Gasteiger partial charge is 0.311 e.